The van der Waals surface area contributed by atoms with Crippen molar-refractivity contribution in [3.05, 3.63) is 53.1 Å². The van der Waals surface area contributed by atoms with E-state index in [2.05, 4.69) is 42.0 Å². The van der Waals surface area contributed by atoms with Crippen LogP contribution in [0.4, 0.5) is 0 Å². The highest BCUT2D eigenvalue weighted by atomic mass is 14.9. The zero-order chi connectivity index (χ0) is 9.97. The van der Waals surface area contributed by atoms with Crippen LogP contribution in [0.1, 0.15) is 22.4 Å². The highest BCUT2D eigenvalue weighted by molar-refractivity contribution is 5.31. The first-order chi connectivity index (χ1) is 6.75. The molecule has 0 atom stereocenters. The van der Waals surface area contributed by atoms with E-state index in [9.17, 15) is 0 Å². The molecule has 1 N–H and O–H groups in total. The summed E-state index contributed by atoms with van der Waals surface area (Å²) in [6, 6.07) is 6.57. The SMILES string of the molecule is Cc1ccc(Cc2cnc[nH]2)cc1C. The minimum atomic E-state index is 0.932. The van der Waals surface area contributed by atoms with Crippen LogP contribution in [0.15, 0.2) is 30.7 Å². The molecule has 0 bridgehead atoms. The Hall–Kier alpha value is -1.57. The van der Waals surface area contributed by atoms with E-state index < -0.39 is 0 Å². The largest absolute Gasteiger partial charge is 0.348 e. The minimum Gasteiger partial charge on any atom is -0.348 e. The van der Waals surface area contributed by atoms with E-state index >= 15 is 0 Å². The quantitative estimate of drug-likeness (QED) is 0.767. The average Bonchev–Trinajstić information content (AvgIpc) is 2.64. The van der Waals surface area contributed by atoms with Gasteiger partial charge in [0, 0.05) is 18.3 Å². The molecule has 2 heteroatoms. The molecular weight excluding hydrogens is 172 g/mol. The molecule has 1 aromatic heterocycles. The van der Waals surface area contributed by atoms with Crippen molar-refractivity contribution in [2.75, 3.05) is 0 Å². The molecule has 0 spiro atoms. The Morgan fingerprint density at radius 1 is 1.21 bits per heavy atom. The van der Waals surface area contributed by atoms with Gasteiger partial charge in [-0.2, -0.15) is 0 Å². The normalized spacial score (nSPS) is 10.4. The molecule has 0 aliphatic carbocycles. The molecule has 0 saturated carbocycles. The number of aromatic nitrogens is 2. The van der Waals surface area contributed by atoms with E-state index in [1.807, 2.05) is 6.20 Å². The van der Waals surface area contributed by atoms with Crippen molar-refractivity contribution in [3.63, 3.8) is 0 Å². The first-order valence-electron chi connectivity index (χ1n) is 4.79. The first kappa shape index (κ1) is 9.00. The highest BCUT2D eigenvalue weighted by Crippen LogP contribution is 2.12. The fraction of sp³-hybridized carbons (Fsp3) is 0.250. The van der Waals surface area contributed by atoms with Crippen LogP contribution >= 0.6 is 0 Å². The van der Waals surface area contributed by atoms with Gasteiger partial charge in [-0.1, -0.05) is 18.2 Å². The van der Waals surface area contributed by atoms with Gasteiger partial charge in [0.2, 0.25) is 0 Å². The molecule has 2 nitrogen and oxygen atoms in total. The van der Waals surface area contributed by atoms with Crippen molar-refractivity contribution in [1.29, 1.82) is 0 Å². The zero-order valence-electron chi connectivity index (χ0n) is 8.54. The van der Waals surface area contributed by atoms with Crippen LogP contribution in [0.3, 0.4) is 0 Å². The van der Waals surface area contributed by atoms with Gasteiger partial charge in [0.05, 0.1) is 6.33 Å². The van der Waals surface area contributed by atoms with E-state index in [-0.39, 0.29) is 0 Å². The standard InChI is InChI=1S/C12H14N2/c1-9-3-4-11(5-10(9)2)6-12-7-13-8-14-12/h3-5,7-8H,6H2,1-2H3,(H,13,14). The average molecular weight is 186 g/mol. The lowest BCUT2D eigenvalue weighted by molar-refractivity contribution is 1.10. The van der Waals surface area contributed by atoms with Crippen molar-refractivity contribution in [2.24, 2.45) is 0 Å². The summed E-state index contributed by atoms with van der Waals surface area (Å²) in [6.07, 6.45) is 4.52. The molecule has 0 unspecified atom stereocenters. The number of hydrogen-bond donors (Lipinski definition) is 1. The second-order valence-corrected chi connectivity index (χ2v) is 3.67. The molecule has 0 radical (unpaired) electrons. The molecular formula is C12H14N2. The lowest BCUT2D eigenvalue weighted by Gasteiger charge is -2.03. The number of benzene rings is 1. The zero-order valence-corrected chi connectivity index (χ0v) is 8.54. The lowest BCUT2D eigenvalue weighted by Crippen LogP contribution is -1.90. The minimum absolute atomic E-state index is 0.932. The smallest absolute Gasteiger partial charge is 0.0921 e. The maximum absolute atomic E-state index is 4.00. The summed E-state index contributed by atoms with van der Waals surface area (Å²) >= 11 is 0. The molecule has 2 aromatic rings. The number of imidazole rings is 1. The molecule has 0 aliphatic heterocycles. The van der Waals surface area contributed by atoms with Crippen LogP contribution < -0.4 is 0 Å². The number of aromatic amines is 1. The second-order valence-electron chi connectivity index (χ2n) is 3.67. The molecule has 14 heavy (non-hydrogen) atoms. The van der Waals surface area contributed by atoms with Gasteiger partial charge in [0.25, 0.3) is 0 Å². The molecule has 72 valence electrons. The summed E-state index contributed by atoms with van der Waals surface area (Å²) < 4.78 is 0. The van der Waals surface area contributed by atoms with Crippen molar-refractivity contribution < 1.29 is 0 Å². The number of rotatable bonds is 2. The molecule has 1 aromatic carbocycles. The predicted molar refractivity (Wildman–Crippen MR) is 57.3 cm³/mol. The van der Waals surface area contributed by atoms with Crippen molar-refractivity contribution >= 4 is 0 Å². The van der Waals surface area contributed by atoms with Gasteiger partial charge < -0.3 is 4.98 Å². The van der Waals surface area contributed by atoms with Crippen molar-refractivity contribution in [1.82, 2.24) is 9.97 Å². The highest BCUT2D eigenvalue weighted by Gasteiger charge is 1.98. The maximum atomic E-state index is 4.00. The summed E-state index contributed by atoms with van der Waals surface area (Å²) in [7, 11) is 0. The fourth-order valence-corrected chi connectivity index (χ4v) is 1.51. The molecule has 2 rings (SSSR count). The summed E-state index contributed by atoms with van der Waals surface area (Å²) in [5, 5.41) is 0. The molecule has 0 saturated heterocycles. The Morgan fingerprint density at radius 3 is 2.71 bits per heavy atom. The van der Waals surface area contributed by atoms with Gasteiger partial charge in [-0.3, -0.25) is 0 Å². The summed E-state index contributed by atoms with van der Waals surface area (Å²) in [5.74, 6) is 0. The van der Waals surface area contributed by atoms with Gasteiger partial charge >= 0.3 is 0 Å². The Bertz CT molecular complexity index is 416. The van der Waals surface area contributed by atoms with E-state index in [0.717, 1.165) is 12.1 Å². The van der Waals surface area contributed by atoms with E-state index in [1.165, 1.54) is 16.7 Å². The van der Waals surface area contributed by atoms with Crippen LogP contribution in [0, 0.1) is 13.8 Å². The molecule has 0 fully saturated rings. The van der Waals surface area contributed by atoms with Crippen LogP contribution in [0.5, 0.6) is 0 Å². The van der Waals surface area contributed by atoms with Crippen LogP contribution in [-0.2, 0) is 6.42 Å². The molecule has 1 heterocycles. The lowest BCUT2D eigenvalue weighted by atomic mass is 10.0. The van der Waals surface area contributed by atoms with Crippen molar-refractivity contribution in [3.8, 4) is 0 Å². The third kappa shape index (κ3) is 1.84. The number of nitrogens with one attached hydrogen (secondary N) is 1. The van der Waals surface area contributed by atoms with Crippen molar-refractivity contribution in [2.45, 2.75) is 20.3 Å². The maximum Gasteiger partial charge on any atom is 0.0921 e. The summed E-state index contributed by atoms with van der Waals surface area (Å²) in [4.78, 5) is 7.11. The monoisotopic (exact) mass is 186 g/mol. The fourth-order valence-electron chi connectivity index (χ4n) is 1.51. The summed E-state index contributed by atoms with van der Waals surface area (Å²) in [5.41, 5.74) is 5.19. The Morgan fingerprint density at radius 2 is 2.07 bits per heavy atom. The Kier molecular flexibility index (Phi) is 2.35. The second kappa shape index (κ2) is 3.66. The number of aryl methyl sites for hydroxylation is 2. The van der Waals surface area contributed by atoms with Crippen LogP contribution in [0.25, 0.3) is 0 Å². The topological polar surface area (TPSA) is 28.7 Å². The van der Waals surface area contributed by atoms with Gasteiger partial charge in [-0.25, -0.2) is 4.98 Å². The van der Waals surface area contributed by atoms with E-state index in [4.69, 9.17) is 0 Å². The van der Waals surface area contributed by atoms with E-state index in [0.29, 0.717) is 0 Å². The number of hydrogen-bond acceptors (Lipinski definition) is 1. The number of H-pyrrole nitrogens is 1. The van der Waals surface area contributed by atoms with Gasteiger partial charge in [-0.15, -0.1) is 0 Å². The Labute approximate surface area is 84.0 Å². The third-order valence-corrected chi connectivity index (χ3v) is 2.52. The molecule has 0 amide bonds. The van der Waals surface area contributed by atoms with Crippen LogP contribution in [-0.4, -0.2) is 9.97 Å². The Balaban J connectivity index is 2.22. The third-order valence-electron chi connectivity index (χ3n) is 2.52. The van der Waals surface area contributed by atoms with E-state index in [1.54, 1.807) is 6.33 Å². The van der Waals surface area contributed by atoms with Gasteiger partial charge in [0.1, 0.15) is 0 Å². The van der Waals surface area contributed by atoms with Gasteiger partial charge in [-0.05, 0) is 30.5 Å². The predicted octanol–water partition coefficient (Wildman–Crippen LogP) is 2.62. The molecule has 0 aliphatic rings. The van der Waals surface area contributed by atoms with Gasteiger partial charge in [0.15, 0.2) is 0 Å². The number of nitrogens with zero attached hydrogens (tertiary/aromatic N) is 1. The summed E-state index contributed by atoms with van der Waals surface area (Å²) in [6.45, 7) is 4.28. The first-order valence-corrected chi connectivity index (χ1v) is 4.79. The van der Waals surface area contributed by atoms with Crippen LogP contribution in [0.2, 0.25) is 0 Å².